The number of hydrogen-bond acceptors (Lipinski definition) is 6. The van der Waals surface area contributed by atoms with Crippen LogP contribution in [0.25, 0.3) is 11.3 Å². The Hall–Kier alpha value is -3.49. The highest BCUT2D eigenvalue weighted by atomic mass is 19.4. The fourth-order valence-corrected chi connectivity index (χ4v) is 2.69. The summed E-state index contributed by atoms with van der Waals surface area (Å²) in [6.45, 7) is -0.200. The van der Waals surface area contributed by atoms with Gasteiger partial charge in [0.1, 0.15) is 12.3 Å². The number of carbonyl (C=O) groups is 1. The van der Waals surface area contributed by atoms with Crippen molar-refractivity contribution in [3.05, 3.63) is 65.4 Å². The molecular weight excluding hydrogens is 379 g/mol. The lowest BCUT2D eigenvalue weighted by atomic mass is 10.1. The molecule has 9 heteroatoms. The molecule has 0 atom stereocenters. The number of halogens is 3. The molecule has 0 radical (unpaired) electrons. The second kappa shape index (κ2) is 6.91. The Kier molecular flexibility index (Phi) is 4.42. The number of nitrogens with zero attached hydrogens (tertiary/aromatic N) is 1. The van der Waals surface area contributed by atoms with E-state index in [1.54, 1.807) is 18.2 Å². The van der Waals surface area contributed by atoms with Crippen molar-refractivity contribution in [1.29, 1.82) is 0 Å². The van der Waals surface area contributed by atoms with Gasteiger partial charge in [-0.15, -0.1) is 0 Å². The molecule has 6 nitrogen and oxygen atoms in total. The van der Waals surface area contributed by atoms with E-state index >= 15 is 0 Å². The summed E-state index contributed by atoms with van der Waals surface area (Å²) in [6.07, 6.45) is -4.66. The Bertz CT molecular complexity index is 1030. The zero-order chi connectivity index (χ0) is 19.7. The SMILES string of the molecule is O=C(OCc1cc(-c2ccc3c(c2)OCO3)on1)c1ccccc1C(F)(F)F. The van der Waals surface area contributed by atoms with Crippen molar-refractivity contribution in [2.45, 2.75) is 12.8 Å². The van der Waals surface area contributed by atoms with Crippen molar-refractivity contribution in [2.75, 3.05) is 6.79 Å². The molecular formula is C19H12F3NO5. The van der Waals surface area contributed by atoms with E-state index in [4.69, 9.17) is 18.7 Å². The Labute approximate surface area is 156 Å². The molecule has 4 rings (SSSR count). The topological polar surface area (TPSA) is 70.8 Å². The van der Waals surface area contributed by atoms with Crippen LogP contribution in [0.5, 0.6) is 11.5 Å². The number of ether oxygens (including phenoxy) is 3. The molecule has 0 bridgehead atoms. The number of carbonyl (C=O) groups excluding carboxylic acids is 1. The summed E-state index contributed by atoms with van der Waals surface area (Å²) in [5.41, 5.74) is -0.696. The first-order chi connectivity index (χ1) is 13.4. The quantitative estimate of drug-likeness (QED) is 0.612. The van der Waals surface area contributed by atoms with Crippen LogP contribution in [-0.2, 0) is 17.5 Å². The van der Waals surface area contributed by atoms with Crippen LogP contribution < -0.4 is 9.47 Å². The summed E-state index contributed by atoms with van der Waals surface area (Å²) in [5.74, 6) is 0.465. The van der Waals surface area contributed by atoms with E-state index < -0.39 is 23.3 Å². The Morgan fingerprint density at radius 3 is 2.68 bits per heavy atom. The lowest BCUT2D eigenvalue weighted by Gasteiger charge is -2.11. The van der Waals surface area contributed by atoms with Gasteiger partial charge in [0.15, 0.2) is 17.3 Å². The average Bonchev–Trinajstić information content (AvgIpc) is 3.34. The molecule has 1 aliphatic heterocycles. The van der Waals surface area contributed by atoms with E-state index in [0.29, 0.717) is 22.8 Å². The van der Waals surface area contributed by atoms with E-state index in [2.05, 4.69) is 5.16 Å². The van der Waals surface area contributed by atoms with Gasteiger partial charge in [-0.25, -0.2) is 4.79 Å². The Morgan fingerprint density at radius 1 is 1.07 bits per heavy atom. The van der Waals surface area contributed by atoms with Crippen LogP contribution in [0.15, 0.2) is 53.1 Å². The Balaban J connectivity index is 1.46. The third-order valence-corrected chi connectivity index (χ3v) is 4.02. The molecule has 2 aromatic carbocycles. The fourth-order valence-electron chi connectivity index (χ4n) is 2.69. The summed E-state index contributed by atoms with van der Waals surface area (Å²) < 4.78 is 59.7. The van der Waals surface area contributed by atoms with Crippen LogP contribution in [0.4, 0.5) is 13.2 Å². The summed E-state index contributed by atoms with van der Waals surface area (Å²) in [5, 5.41) is 3.78. The predicted molar refractivity (Wildman–Crippen MR) is 88.6 cm³/mol. The normalized spacial score (nSPS) is 12.8. The van der Waals surface area contributed by atoms with Gasteiger partial charge in [0.05, 0.1) is 11.1 Å². The van der Waals surface area contributed by atoms with Crippen molar-refractivity contribution in [3.63, 3.8) is 0 Å². The van der Waals surface area contributed by atoms with E-state index in [-0.39, 0.29) is 19.1 Å². The highest BCUT2D eigenvalue weighted by Crippen LogP contribution is 2.36. The van der Waals surface area contributed by atoms with Gasteiger partial charge in [-0.1, -0.05) is 17.3 Å². The van der Waals surface area contributed by atoms with Crippen LogP contribution in [0.1, 0.15) is 21.6 Å². The van der Waals surface area contributed by atoms with Gasteiger partial charge >= 0.3 is 12.1 Å². The van der Waals surface area contributed by atoms with Crippen molar-refractivity contribution < 1.29 is 36.7 Å². The van der Waals surface area contributed by atoms with Gasteiger partial charge < -0.3 is 18.7 Å². The molecule has 1 aliphatic rings. The van der Waals surface area contributed by atoms with Crippen LogP contribution in [-0.4, -0.2) is 17.9 Å². The van der Waals surface area contributed by atoms with Crippen molar-refractivity contribution in [1.82, 2.24) is 5.16 Å². The van der Waals surface area contributed by atoms with E-state index in [1.807, 2.05) is 0 Å². The smallest absolute Gasteiger partial charge is 0.417 e. The molecule has 0 N–H and O–H groups in total. The second-order valence-corrected chi connectivity index (χ2v) is 5.87. The molecule has 1 aromatic heterocycles. The zero-order valence-electron chi connectivity index (χ0n) is 14.2. The fraction of sp³-hybridized carbons (Fsp3) is 0.158. The summed E-state index contributed by atoms with van der Waals surface area (Å²) in [4.78, 5) is 12.1. The first-order valence-electron chi connectivity index (χ1n) is 8.11. The van der Waals surface area contributed by atoms with Crippen molar-refractivity contribution in [3.8, 4) is 22.8 Å². The average molecular weight is 391 g/mol. The molecule has 28 heavy (non-hydrogen) atoms. The summed E-state index contributed by atoms with van der Waals surface area (Å²) in [6, 6.07) is 11.1. The van der Waals surface area contributed by atoms with Gasteiger partial charge in [-0.3, -0.25) is 0 Å². The minimum absolute atomic E-state index is 0.135. The number of alkyl halides is 3. The monoisotopic (exact) mass is 391 g/mol. The molecule has 0 saturated carbocycles. The lowest BCUT2D eigenvalue weighted by molar-refractivity contribution is -0.138. The number of benzene rings is 2. The molecule has 0 saturated heterocycles. The molecule has 3 aromatic rings. The number of hydrogen-bond donors (Lipinski definition) is 0. The zero-order valence-corrected chi connectivity index (χ0v) is 14.2. The highest BCUT2D eigenvalue weighted by molar-refractivity contribution is 5.91. The summed E-state index contributed by atoms with van der Waals surface area (Å²) in [7, 11) is 0. The first kappa shape index (κ1) is 17.9. The number of fused-ring (bicyclic) bond motifs is 1. The molecule has 0 unspecified atom stereocenters. The third kappa shape index (κ3) is 3.51. The molecule has 0 amide bonds. The van der Waals surface area contributed by atoms with Crippen LogP contribution in [0, 0.1) is 0 Å². The maximum atomic E-state index is 13.0. The number of aromatic nitrogens is 1. The maximum absolute atomic E-state index is 13.0. The third-order valence-electron chi connectivity index (χ3n) is 4.02. The molecule has 0 fully saturated rings. The van der Waals surface area contributed by atoms with Gasteiger partial charge in [0.25, 0.3) is 0 Å². The van der Waals surface area contributed by atoms with Crippen molar-refractivity contribution in [2.24, 2.45) is 0 Å². The Morgan fingerprint density at radius 2 is 1.86 bits per heavy atom. The van der Waals surface area contributed by atoms with Crippen LogP contribution >= 0.6 is 0 Å². The number of esters is 1. The summed E-state index contributed by atoms with van der Waals surface area (Å²) >= 11 is 0. The predicted octanol–water partition coefficient (Wildman–Crippen LogP) is 4.45. The molecule has 0 spiro atoms. The number of rotatable bonds is 4. The highest BCUT2D eigenvalue weighted by Gasteiger charge is 2.35. The minimum Gasteiger partial charge on any atom is -0.455 e. The molecule has 144 valence electrons. The largest absolute Gasteiger partial charge is 0.455 e. The van der Waals surface area contributed by atoms with Gasteiger partial charge in [-0.2, -0.15) is 13.2 Å². The lowest BCUT2D eigenvalue weighted by Crippen LogP contribution is -2.15. The molecule has 2 heterocycles. The maximum Gasteiger partial charge on any atom is 0.417 e. The van der Waals surface area contributed by atoms with E-state index in [0.717, 1.165) is 12.1 Å². The molecule has 0 aliphatic carbocycles. The van der Waals surface area contributed by atoms with Crippen molar-refractivity contribution >= 4 is 5.97 Å². The van der Waals surface area contributed by atoms with E-state index in [1.165, 1.54) is 18.2 Å². The van der Waals surface area contributed by atoms with Gasteiger partial charge in [-0.05, 0) is 30.3 Å². The van der Waals surface area contributed by atoms with Crippen LogP contribution in [0.2, 0.25) is 0 Å². The van der Waals surface area contributed by atoms with E-state index in [9.17, 15) is 18.0 Å². The second-order valence-electron chi connectivity index (χ2n) is 5.87. The van der Waals surface area contributed by atoms with Crippen LogP contribution in [0.3, 0.4) is 0 Å². The standard InChI is InChI=1S/C19H12F3NO5/c20-19(21,22)14-4-2-1-3-13(14)18(24)25-9-12-8-16(28-23-12)11-5-6-15-17(7-11)27-10-26-15/h1-8H,9-10H2. The first-order valence-corrected chi connectivity index (χ1v) is 8.11. The minimum atomic E-state index is -4.66. The van der Waals surface area contributed by atoms with Gasteiger partial charge in [0.2, 0.25) is 6.79 Å². The van der Waals surface area contributed by atoms with Gasteiger partial charge in [0, 0.05) is 11.6 Å².